The van der Waals surface area contributed by atoms with Gasteiger partial charge in [-0.2, -0.15) is 0 Å². The maximum absolute atomic E-state index is 12.8. The Kier molecular flexibility index (Phi) is 6.17. The molecule has 0 saturated carbocycles. The molecule has 0 radical (unpaired) electrons. The summed E-state index contributed by atoms with van der Waals surface area (Å²) in [6, 6.07) is 18.8. The van der Waals surface area contributed by atoms with Crippen molar-refractivity contribution in [3.05, 3.63) is 65.7 Å². The third kappa shape index (κ3) is 4.37. The fourth-order valence-electron chi connectivity index (χ4n) is 3.98. The molecule has 2 saturated heterocycles. The molecule has 0 aromatic heterocycles. The van der Waals surface area contributed by atoms with Crippen LogP contribution < -0.4 is 15.4 Å². The highest BCUT2D eigenvalue weighted by molar-refractivity contribution is 5.95. The van der Waals surface area contributed by atoms with Gasteiger partial charge >= 0.3 is 0 Å². The Morgan fingerprint density at radius 3 is 2.38 bits per heavy atom. The number of piperidine rings is 1. The van der Waals surface area contributed by atoms with E-state index < -0.39 is 0 Å². The summed E-state index contributed by atoms with van der Waals surface area (Å²) in [6.45, 7) is 0.394. The number of fused-ring (bicyclic) bond motifs is 2. The average Bonchev–Trinajstić information content (AvgIpc) is 2.99. The van der Waals surface area contributed by atoms with E-state index in [1.807, 2.05) is 54.6 Å². The van der Waals surface area contributed by atoms with Crippen LogP contribution in [0.4, 0.5) is 0 Å². The van der Waals surface area contributed by atoms with Crippen LogP contribution in [0.3, 0.4) is 0 Å². The molecule has 1 amide bonds. The van der Waals surface area contributed by atoms with Crippen molar-refractivity contribution in [2.45, 2.75) is 50.4 Å². The lowest BCUT2D eigenvalue weighted by molar-refractivity contribution is 0.0921. The molecule has 0 aliphatic carbocycles. The Hall–Kier alpha value is -2.04. The fourth-order valence-corrected chi connectivity index (χ4v) is 3.98. The SMILES string of the molecule is Cl.O=C(NC1CC2CCC(C1)N2)c1ccccc1COc1ccccc1. The first-order chi connectivity index (χ1) is 12.3. The minimum atomic E-state index is 0. The predicted octanol–water partition coefficient (Wildman–Crippen LogP) is 3.70. The molecule has 2 atom stereocenters. The molecule has 138 valence electrons. The van der Waals surface area contributed by atoms with E-state index in [-0.39, 0.29) is 24.4 Å². The zero-order valence-corrected chi connectivity index (χ0v) is 15.5. The predicted molar refractivity (Wildman–Crippen MR) is 105 cm³/mol. The van der Waals surface area contributed by atoms with Gasteiger partial charge in [-0.3, -0.25) is 4.79 Å². The Labute approximate surface area is 160 Å². The third-order valence-corrected chi connectivity index (χ3v) is 5.21. The molecule has 2 aliphatic rings. The second-order valence-electron chi connectivity index (χ2n) is 7.04. The van der Waals surface area contributed by atoms with E-state index in [1.54, 1.807) is 0 Å². The van der Waals surface area contributed by atoms with Gasteiger partial charge in [0.1, 0.15) is 12.4 Å². The number of rotatable bonds is 5. The minimum Gasteiger partial charge on any atom is -0.489 e. The van der Waals surface area contributed by atoms with Gasteiger partial charge in [0.2, 0.25) is 0 Å². The summed E-state index contributed by atoms with van der Waals surface area (Å²) >= 11 is 0. The molecule has 0 spiro atoms. The summed E-state index contributed by atoms with van der Waals surface area (Å²) in [6.07, 6.45) is 4.53. The van der Waals surface area contributed by atoms with Crippen molar-refractivity contribution in [1.29, 1.82) is 0 Å². The number of carbonyl (C=O) groups is 1. The highest BCUT2D eigenvalue weighted by Crippen LogP contribution is 2.27. The largest absolute Gasteiger partial charge is 0.489 e. The highest BCUT2D eigenvalue weighted by atomic mass is 35.5. The van der Waals surface area contributed by atoms with Gasteiger partial charge < -0.3 is 15.4 Å². The molecule has 2 aromatic rings. The van der Waals surface area contributed by atoms with Gasteiger partial charge in [0.05, 0.1) is 0 Å². The van der Waals surface area contributed by atoms with E-state index in [0.717, 1.165) is 24.2 Å². The van der Waals surface area contributed by atoms with E-state index >= 15 is 0 Å². The first kappa shape index (κ1) is 18.7. The number of hydrogen-bond donors (Lipinski definition) is 2. The molecule has 2 unspecified atom stereocenters. The van der Waals surface area contributed by atoms with E-state index in [2.05, 4.69) is 10.6 Å². The summed E-state index contributed by atoms with van der Waals surface area (Å²) in [5, 5.41) is 6.85. The van der Waals surface area contributed by atoms with Crippen LogP contribution in [0, 0.1) is 0 Å². The van der Waals surface area contributed by atoms with Gasteiger partial charge in [-0.15, -0.1) is 12.4 Å². The second kappa shape index (κ2) is 8.56. The molecule has 5 heteroatoms. The molecular formula is C21H25ClN2O2. The van der Waals surface area contributed by atoms with E-state index in [0.29, 0.717) is 24.3 Å². The lowest BCUT2D eigenvalue weighted by Gasteiger charge is -2.29. The van der Waals surface area contributed by atoms with E-state index in [4.69, 9.17) is 4.74 Å². The van der Waals surface area contributed by atoms with Crippen molar-refractivity contribution < 1.29 is 9.53 Å². The van der Waals surface area contributed by atoms with Gasteiger partial charge in [0.15, 0.2) is 0 Å². The Balaban J connectivity index is 0.00000196. The Morgan fingerprint density at radius 2 is 1.65 bits per heavy atom. The first-order valence-corrected chi connectivity index (χ1v) is 9.10. The third-order valence-electron chi connectivity index (χ3n) is 5.21. The number of para-hydroxylation sites is 1. The smallest absolute Gasteiger partial charge is 0.251 e. The lowest BCUT2D eigenvalue weighted by atomic mass is 9.99. The number of ether oxygens (including phenoxy) is 1. The molecule has 2 heterocycles. The summed E-state index contributed by atoms with van der Waals surface area (Å²) in [5.41, 5.74) is 1.63. The molecule has 2 bridgehead atoms. The Morgan fingerprint density at radius 1 is 1.00 bits per heavy atom. The minimum absolute atomic E-state index is 0. The van der Waals surface area contributed by atoms with Crippen molar-refractivity contribution in [3.8, 4) is 5.75 Å². The monoisotopic (exact) mass is 372 g/mol. The molecule has 4 nitrogen and oxygen atoms in total. The van der Waals surface area contributed by atoms with Crippen LogP contribution >= 0.6 is 12.4 Å². The van der Waals surface area contributed by atoms with Gasteiger partial charge in [-0.25, -0.2) is 0 Å². The number of halogens is 1. The van der Waals surface area contributed by atoms with Gasteiger partial charge in [0.25, 0.3) is 5.91 Å². The number of carbonyl (C=O) groups excluding carboxylic acids is 1. The average molecular weight is 373 g/mol. The van der Waals surface area contributed by atoms with Crippen molar-refractivity contribution in [2.24, 2.45) is 0 Å². The first-order valence-electron chi connectivity index (χ1n) is 9.10. The molecule has 4 rings (SSSR count). The van der Waals surface area contributed by atoms with Crippen molar-refractivity contribution in [3.63, 3.8) is 0 Å². The topological polar surface area (TPSA) is 50.4 Å². The molecule has 26 heavy (non-hydrogen) atoms. The standard InChI is InChI=1S/C21H24N2O2.ClH/c24-21(23-18-12-16-10-11-17(13-18)22-16)20-9-5-4-6-15(20)14-25-19-7-2-1-3-8-19;/h1-9,16-18,22H,10-14H2,(H,23,24);1H. The van der Waals surface area contributed by atoms with Crippen LogP contribution in [-0.4, -0.2) is 24.0 Å². The van der Waals surface area contributed by atoms with Crippen molar-refractivity contribution >= 4 is 18.3 Å². The maximum atomic E-state index is 12.8. The second-order valence-corrected chi connectivity index (χ2v) is 7.04. The zero-order valence-electron chi connectivity index (χ0n) is 14.7. The number of amides is 1. The van der Waals surface area contributed by atoms with Crippen molar-refractivity contribution in [2.75, 3.05) is 0 Å². The maximum Gasteiger partial charge on any atom is 0.251 e. The van der Waals surface area contributed by atoms with Gasteiger partial charge in [0, 0.05) is 29.3 Å². The number of hydrogen-bond acceptors (Lipinski definition) is 3. The van der Waals surface area contributed by atoms with Crippen LogP contribution in [0.1, 0.15) is 41.6 Å². The normalized spacial score (nSPS) is 23.8. The van der Waals surface area contributed by atoms with Gasteiger partial charge in [-0.05, 0) is 43.9 Å². The number of nitrogens with one attached hydrogen (secondary N) is 2. The summed E-state index contributed by atoms with van der Waals surface area (Å²) in [4.78, 5) is 12.8. The highest BCUT2D eigenvalue weighted by Gasteiger charge is 2.34. The van der Waals surface area contributed by atoms with Crippen LogP contribution in [0.5, 0.6) is 5.75 Å². The molecule has 2 aliphatic heterocycles. The van der Waals surface area contributed by atoms with E-state index in [1.165, 1.54) is 12.8 Å². The molecule has 2 aromatic carbocycles. The molecule has 2 fully saturated rings. The van der Waals surface area contributed by atoms with Crippen LogP contribution in [0.15, 0.2) is 54.6 Å². The fraction of sp³-hybridized carbons (Fsp3) is 0.381. The van der Waals surface area contributed by atoms with E-state index in [9.17, 15) is 4.79 Å². The number of benzene rings is 2. The van der Waals surface area contributed by atoms with Gasteiger partial charge in [-0.1, -0.05) is 36.4 Å². The summed E-state index contributed by atoms with van der Waals surface area (Å²) in [7, 11) is 0. The quantitative estimate of drug-likeness (QED) is 0.841. The molecule has 2 N–H and O–H groups in total. The lowest BCUT2D eigenvalue weighted by Crippen LogP contribution is -2.48. The summed E-state index contributed by atoms with van der Waals surface area (Å²) < 4.78 is 5.83. The van der Waals surface area contributed by atoms with Crippen molar-refractivity contribution in [1.82, 2.24) is 10.6 Å². The summed E-state index contributed by atoms with van der Waals surface area (Å²) in [5.74, 6) is 0.825. The van der Waals surface area contributed by atoms with Crippen LogP contribution in [0.2, 0.25) is 0 Å². The van der Waals surface area contributed by atoms with Crippen LogP contribution in [0.25, 0.3) is 0 Å². The zero-order chi connectivity index (χ0) is 17.1. The molecular weight excluding hydrogens is 348 g/mol. The van der Waals surface area contributed by atoms with Crippen LogP contribution in [-0.2, 0) is 6.61 Å². The Bertz CT molecular complexity index is 726.